The Morgan fingerprint density at radius 3 is 2.56 bits per heavy atom. The first-order valence-corrected chi connectivity index (χ1v) is 8.87. The lowest BCUT2D eigenvalue weighted by Crippen LogP contribution is -2.41. The number of hydrogen-bond donors (Lipinski definition) is 1. The van der Waals surface area contributed by atoms with Crippen LogP contribution in [0, 0.1) is 0 Å². The van der Waals surface area contributed by atoms with E-state index < -0.39 is 14.3 Å². The molecule has 1 heterocycles. The lowest BCUT2D eigenvalue weighted by Gasteiger charge is -2.36. The summed E-state index contributed by atoms with van der Waals surface area (Å²) in [5.41, 5.74) is 0.617. The number of rotatable bonds is 5. The summed E-state index contributed by atoms with van der Waals surface area (Å²) in [6, 6.07) is 1.44. The fourth-order valence-electron chi connectivity index (χ4n) is 1.16. The Labute approximate surface area is 108 Å². The monoisotopic (exact) mass is 271 g/mol. The number of nitrogens with zero attached hydrogens (tertiary/aromatic N) is 1. The molecule has 1 rings (SSSR count). The Hall–Kier alpha value is -1.14. The van der Waals surface area contributed by atoms with Gasteiger partial charge in [0.2, 0.25) is 5.76 Å². The van der Waals surface area contributed by atoms with Crippen LogP contribution in [-0.4, -0.2) is 31.2 Å². The van der Waals surface area contributed by atoms with E-state index in [1.807, 2.05) is 0 Å². The Morgan fingerprint density at radius 1 is 1.50 bits per heavy atom. The van der Waals surface area contributed by atoms with E-state index in [0.717, 1.165) is 0 Å². The van der Waals surface area contributed by atoms with Crippen molar-refractivity contribution in [3.63, 3.8) is 0 Å². The summed E-state index contributed by atoms with van der Waals surface area (Å²) < 4.78 is 10.7. The van der Waals surface area contributed by atoms with Gasteiger partial charge in [-0.25, -0.2) is 4.79 Å². The molecule has 0 radical (unpaired) electrons. The van der Waals surface area contributed by atoms with Gasteiger partial charge in [-0.2, -0.15) is 0 Å². The van der Waals surface area contributed by atoms with Crippen molar-refractivity contribution in [2.75, 3.05) is 6.61 Å². The van der Waals surface area contributed by atoms with E-state index in [1.165, 1.54) is 6.07 Å². The summed E-state index contributed by atoms with van der Waals surface area (Å²) >= 11 is 0. The predicted molar refractivity (Wildman–Crippen MR) is 70.3 cm³/mol. The van der Waals surface area contributed by atoms with Crippen molar-refractivity contribution in [1.29, 1.82) is 0 Å². The molecule has 0 aliphatic carbocycles. The molecule has 102 valence electrons. The molecule has 1 aromatic heterocycles. The van der Waals surface area contributed by atoms with E-state index in [2.05, 4.69) is 43.5 Å². The van der Waals surface area contributed by atoms with Crippen LogP contribution in [0.4, 0.5) is 0 Å². The van der Waals surface area contributed by atoms with Gasteiger partial charge in [-0.15, -0.1) is 0 Å². The molecule has 0 aromatic carbocycles. The average Bonchev–Trinajstić information content (AvgIpc) is 2.64. The number of aromatic nitrogens is 1. The lowest BCUT2D eigenvalue weighted by molar-refractivity contribution is 0.0652. The first-order chi connectivity index (χ1) is 8.13. The highest BCUT2D eigenvalue weighted by atomic mass is 28.4. The highest BCUT2D eigenvalue weighted by Crippen LogP contribution is 2.36. The van der Waals surface area contributed by atoms with Gasteiger partial charge in [-0.3, -0.25) is 0 Å². The van der Waals surface area contributed by atoms with Crippen molar-refractivity contribution in [1.82, 2.24) is 5.16 Å². The van der Waals surface area contributed by atoms with Gasteiger partial charge in [0.05, 0.1) is 5.69 Å². The lowest BCUT2D eigenvalue weighted by atomic mass is 10.2. The van der Waals surface area contributed by atoms with Crippen molar-refractivity contribution >= 4 is 14.3 Å². The minimum absolute atomic E-state index is 0.127. The third-order valence-electron chi connectivity index (χ3n) is 3.40. The molecule has 0 bridgehead atoms. The standard InChI is InChI=1S/C12H21NO4Si/c1-12(2,3)18(4,5)16-7-6-9-8-10(11(14)15)17-13-9/h8H,6-7H2,1-5H3,(H,14,15). The first-order valence-electron chi connectivity index (χ1n) is 5.96. The van der Waals surface area contributed by atoms with Crippen molar-refractivity contribution in [2.45, 2.75) is 45.3 Å². The zero-order valence-electron chi connectivity index (χ0n) is 11.6. The molecule has 0 spiro atoms. The van der Waals surface area contributed by atoms with Gasteiger partial charge in [0.15, 0.2) is 8.32 Å². The molecule has 0 atom stereocenters. The third-order valence-corrected chi connectivity index (χ3v) is 7.94. The molecule has 0 unspecified atom stereocenters. The molecule has 1 aromatic rings. The normalized spacial score (nSPS) is 12.7. The van der Waals surface area contributed by atoms with Crippen LogP contribution < -0.4 is 0 Å². The van der Waals surface area contributed by atoms with E-state index in [4.69, 9.17) is 9.53 Å². The number of hydrogen-bond acceptors (Lipinski definition) is 4. The average molecular weight is 271 g/mol. The number of carboxylic acid groups (broad SMARTS) is 1. The molecule has 0 saturated carbocycles. The molecule has 0 amide bonds. The van der Waals surface area contributed by atoms with E-state index in [-0.39, 0.29) is 10.8 Å². The van der Waals surface area contributed by atoms with Gasteiger partial charge in [-0.05, 0) is 18.1 Å². The first kappa shape index (κ1) is 14.9. The summed E-state index contributed by atoms with van der Waals surface area (Å²) in [5, 5.41) is 12.6. The zero-order valence-corrected chi connectivity index (χ0v) is 12.6. The highest BCUT2D eigenvalue weighted by molar-refractivity contribution is 6.74. The van der Waals surface area contributed by atoms with Crippen molar-refractivity contribution in [2.24, 2.45) is 0 Å². The second-order valence-electron chi connectivity index (χ2n) is 5.85. The Morgan fingerprint density at radius 2 is 2.11 bits per heavy atom. The third kappa shape index (κ3) is 3.68. The molecule has 6 heteroatoms. The maximum Gasteiger partial charge on any atom is 0.374 e. The van der Waals surface area contributed by atoms with Gasteiger partial charge in [0.25, 0.3) is 0 Å². The van der Waals surface area contributed by atoms with Gasteiger partial charge >= 0.3 is 5.97 Å². The molecule has 0 aliphatic rings. The van der Waals surface area contributed by atoms with Gasteiger partial charge in [0, 0.05) is 19.1 Å². The van der Waals surface area contributed by atoms with Crippen LogP contribution in [-0.2, 0) is 10.8 Å². The van der Waals surface area contributed by atoms with E-state index in [9.17, 15) is 4.79 Å². The molecule has 5 nitrogen and oxygen atoms in total. The number of aromatic carboxylic acids is 1. The Bertz CT molecular complexity index is 420. The summed E-state index contributed by atoms with van der Waals surface area (Å²) in [6.07, 6.45) is 0.573. The van der Waals surface area contributed by atoms with Crippen LogP contribution in [0.25, 0.3) is 0 Å². The van der Waals surface area contributed by atoms with Crippen LogP contribution in [0.1, 0.15) is 37.0 Å². The van der Waals surface area contributed by atoms with E-state index >= 15 is 0 Å². The second kappa shape index (κ2) is 5.24. The summed E-state index contributed by atoms with van der Waals surface area (Å²) in [7, 11) is -1.75. The molecule has 1 N–H and O–H groups in total. The van der Waals surface area contributed by atoms with Crippen molar-refractivity contribution in [3.8, 4) is 0 Å². The summed E-state index contributed by atoms with van der Waals surface area (Å²) in [5.74, 6) is -1.23. The quantitative estimate of drug-likeness (QED) is 0.834. The molecular weight excluding hydrogens is 250 g/mol. The SMILES string of the molecule is CC(C)(C)[Si](C)(C)OCCc1cc(C(=O)O)on1. The smallest absolute Gasteiger partial charge is 0.374 e. The van der Waals surface area contributed by atoms with Crippen LogP contribution in [0.5, 0.6) is 0 Å². The zero-order chi connectivity index (χ0) is 14.0. The molecular formula is C12H21NO4Si. The van der Waals surface area contributed by atoms with Crippen LogP contribution in [0.3, 0.4) is 0 Å². The van der Waals surface area contributed by atoms with Crippen molar-refractivity contribution < 1.29 is 18.9 Å². The fraction of sp³-hybridized carbons (Fsp3) is 0.667. The maximum atomic E-state index is 10.6. The molecule has 0 aliphatic heterocycles. The van der Waals surface area contributed by atoms with Crippen LogP contribution in [0.2, 0.25) is 18.1 Å². The Balaban J connectivity index is 2.49. The molecule has 0 saturated heterocycles. The number of carbonyl (C=O) groups is 1. The molecule has 18 heavy (non-hydrogen) atoms. The maximum absolute atomic E-state index is 10.6. The van der Waals surface area contributed by atoms with Crippen LogP contribution in [0.15, 0.2) is 10.6 Å². The topological polar surface area (TPSA) is 72.6 Å². The van der Waals surface area contributed by atoms with E-state index in [0.29, 0.717) is 18.7 Å². The molecule has 0 fully saturated rings. The summed E-state index contributed by atoms with van der Waals surface area (Å²) in [6.45, 7) is 11.4. The number of carboxylic acids is 1. The van der Waals surface area contributed by atoms with Gasteiger partial charge < -0.3 is 14.1 Å². The minimum Gasteiger partial charge on any atom is -0.475 e. The van der Waals surface area contributed by atoms with Crippen LogP contribution >= 0.6 is 0 Å². The predicted octanol–water partition coefficient (Wildman–Crippen LogP) is 2.94. The van der Waals surface area contributed by atoms with Crippen molar-refractivity contribution in [3.05, 3.63) is 17.5 Å². The minimum atomic E-state index is -1.75. The van der Waals surface area contributed by atoms with Gasteiger partial charge in [-0.1, -0.05) is 25.9 Å². The van der Waals surface area contributed by atoms with E-state index in [1.54, 1.807) is 0 Å². The Kier molecular flexibility index (Phi) is 4.34. The fourth-order valence-corrected chi connectivity index (χ4v) is 2.20. The van der Waals surface area contributed by atoms with Gasteiger partial charge in [0.1, 0.15) is 0 Å². The second-order valence-corrected chi connectivity index (χ2v) is 10.7. The highest BCUT2D eigenvalue weighted by Gasteiger charge is 2.36. The largest absolute Gasteiger partial charge is 0.475 e. The summed E-state index contributed by atoms with van der Waals surface area (Å²) in [4.78, 5) is 10.6.